The molecule has 6 bridgehead atoms. The molecule has 0 aromatic heterocycles. The number of esters is 3. The maximum Gasteiger partial charge on any atom is 0.336 e. The third kappa shape index (κ3) is 9.06. The van der Waals surface area contributed by atoms with E-state index in [0.717, 1.165) is 16.7 Å². The first-order valence-electron chi connectivity index (χ1n) is 22.4. The zero-order valence-electron chi connectivity index (χ0n) is 35.9. The molecule has 0 radical (unpaired) electrons. The monoisotopic (exact) mass is 876 g/mol. The molecule has 0 N–H and O–H groups in total. The van der Waals surface area contributed by atoms with Gasteiger partial charge in [-0.05, 0) is 33.4 Å². The van der Waals surface area contributed by atoms with E-state index >= 15 is 14.4 Å². The number of cyclic esters (lactones) is 3. The van der Waals surface area contributed by atoms with Crippen LogP contribution in [0.2, 0.25) is 0 Å². The van der Waals surface area contributed by atoms with Gasteiger partial charge in [-0.1, -0.05) is 218 Å². The van der Waals surface area contributed by atoms with Crippen molar-refractivity contribution in [3.8, 4) is 0 Å². The summed E-state index contributed by atoms with van der Waals surface area (Å²) < 4.78 is 40.4. The maximum atomic E-state index is 15.1. The molecule has 0 saturated carbocycles. The molecular formula is C57H48O9. The Balaban J connectivity index is 1.13. The normalized spacial score (nSPS) is 29.9. The predicted octanol–water partition coefficient (Wildman–Crippen LogP) is 10.2. The topological polar surface area (TPSA) is 107 Å². The molecule has 6 aromatic rings. The van der Waals surface area contributed by atoms with Crippen LogP contribution in [0.15, 0.2) is 218 Å². The van der Waals surface area contributed by atoms with Crippen molar-refractivity contribution in [3.63, 3.8) is 0 Å². The van der Waals surface area contributed by atoms with E-state index < -0.39 is 90.6 Å². The summed E-state index contributed by atoms with van der Waals surface area (Å²) in [7, 11) is 0. The summed E-state index contributed by atoms with van der Waals surface area (Å²) in [5.41, 5.74) is 4.44. The lowest BCUT2D eigenvalue weighted by Crippen LogP contribution is -2.46. The highest BCUT2D eigenvalue weighted by Gasteiger charge is 2.47. The number of rotatable bonds is 6. The Morgan fingerprint density at radius 3 is 0.682 bits per heavy atom. The van der Waals surface area contributed by atoms with Crippen molar-refractivity contribution in [2.45, 2.75) is 72.7 Å². The smallest absolute Gasteiger partial charge is 0.336 e. The summed E-state index contributed by atoms with van der Waals surface area (Å²) in [6.45, 7) is 0. The number of carbonyl (C=O) groups is 3. The molecule has 0 aliphatic carbocycles. The molecule has 0 amide bonds. The Hall–Kier alpha value is -7.17. The van der Waals surface area contributed by atoms with E-state index in [0.29, 0.717) is 16.7 Å². The Kier molecular flexibility index (Phi) is 12.6. The zero-order chi connectivity index (χ0) is 44.8. The third-order valence-corrected chi connectivity index (χ3v) is 12.7. The standard InChI is InChI=1S/C57H48O9/c58-55-52-43(37-19-7-1-8-20-37)31-34-46(61-52)49(40-25-13-4-14-26-40)65-56(59)53-45(39-23-11-3-12-24-39)33-36-48(63-53)51(42-29-17-6-18-30-42)66-57(60)54-44(38-21-9-2-10-22-38)32-35-47(62-54)50(64-55)41-27-15-5-16-28-41/h1-36,43-54H/t43-,44-,45-,46-,47-,48-,49+,50+,51+,52+,53+,54+/m0/s1. The number of fused-ring (bicyclic) bond motifs is 6. The molecule has 9 nitrogen and oxygen atoms in total. The van der Waals surface area contributed by atoms with Crippen molar-refractivity contribution in [2.24, 2.45) is 0 Å². The van der Waals surface area contributed by atoms with Crippen LogP contribution in [0.4, 0.5) is 0 Å². The first-order valence-corrected chi connectivity index (χ1v) is 22.4. The Morgan fingerprint density at radius 1 is 0.242 bits per heavy atom. The summed E-state index contributed by atoms with van der Waals surface area (Å²) in [5.74, 6) is -3.69. The minimum absolute atomic E-state index is 0.568. The van der Waals surface area contributed by atoms with Crippen LogP contribution in [0.1, 0.15) is 69.4 Å². The molecule has 0 spiro atoms. The number of hydrogen-bond acceptors (Lipinski definition) is 9. The fraction of sp³-hybridized carbons (Fsp3) is 0.211. The molecule has 9 heteroatoms. The molecule has 6 aromatic carbocycles. The molecule has 4 heterocycles. The fourth-order valence-corrected chi connectivity index (χ4v) is 9.37. The Labute approximate surface area is 383 Å². The van der Waals surface area contributed by atoms with Gasteiger partial charge >= 0.3 is 17.9 Å². The molecule has 330 valence electrons. The van der Waals surface area contributed by atoms with E-state index in [1.807, 2.05) is 218 Å². The largest absolute Gasteiger partial charge is 0.452 e. The molecule has 4 aliphatic rings. The molecule has 10 rings (SSSR count). The van der Waals surface area contributed by atoms with Gasteiger partial charge in [0.05, 0.1) is 0 Å². The van der Waals surface area contributed by atoms with Crippen molar-refractivity contribution in [1.82, 2.24) is 0 Å². The van der Waals surface area contributed by atoms with Crippen LogP contribution in [0.5, 0.6) is 0 Å². The highest BCUT2D eigenvalue weighted by atomic mass is 16.6. The van der Waals surface area contributed by atoms with Crippen LogP contribution in [-0.4, -0.2) is 54.5 Å². The summed E-state index contributed by atoms with van der Waals surface area (Å²) >= 11 is 0. The summed E-state index contributed by atoms with van der Waals surface area (Å²) in [6.07, 6.45) is 1.95. The molecule has 1 saturated heterocycles. The minimum atomic E-state index is -1.19. The van der Waals surface area contributed by atoms with E-state index in [-0.39, 0.29) is 0 Å². The minimum Gasteiger partial charge on any atom is -0.452 e. The van der Waals surface area contributed by atoms with Gasteiger partial charge in [-0.15, -0.1) is 0 Å². The van der Waals surface area contributed by atoms with E-state index in [1.54, 1.807) is 0 Å². The molecule has 4 aliphatic heterocycles. The van der Waals surface area contributed by atoms with Gasteiger partial charge in [0.2, 0.25) is 0 Å². The second-order valence-electron chi connectivity index (χ2n) is 16.8. The second-order valence-corrected chi connectivity index (χ2v) is 16.8. The SMILES string of the molecule is O=C1O[C@H](c2ccccc2)[C@@H]2C=C[C@@H](c3ccccc3)[C@@H](O2)C(=O)O[C@H](c2ccccc2)[C@@H]2C=C[C@@H](c3ccccc3)[C@@H](O2)C(=O)O[C@H](c2ccccc2)[C@@H]2C=C[C@@H](c3ccccc3)[C@H]1O2. The number of ether oxygens (including phenoxy) is 6. The third-order valence-electron chi connectivity index (χ3n) is 12.7. The van der Waals surface area contributed by atoms with Gasteiger partial charge in [0.25, 0.3) is 0 Å². The van der Waals surface area contributed by atoms with Gasteiger partial charge in [-0.2, -0.15) is 0 Å². The number of hydrogen-bond donors (Lipinski definition) is 0. The van der Waals surface area contributed by atoms with Crippen LogP contribution in [0.3, 0.4) is 0 Å². The first kappa shape index (κ1) is 42.8. The number of benzene rings is 6. The van der Waals surface area contributed by atoms with Crippen LogP contribution in [-0.2, 0) is 42.8 Å². The van der Waals surface area contributed by atoms with E-state index in [4.69, 9.17) is 28.4 Å². The van der Waals surface area contributed by atoms with Gasteiger partial charge < -0.3 is 28.4 Å². The van der Waals surface area contributed by atoms with Gasteiger partial charge in [0.15, 0.2) is 36.6 Å². The molecule has 0 unspecified atom stereocenters. The average Bonchev–Trinajstić information content (AvgIpc) is 3.39. The maximum absolute atomic E-state index is 15.1. The number of carbonyl (C=O) groups excluding carboxylic acids is 3. The lowest BCUT2D eigenvalue weighted by molar-refractivity contribution is -0.197. The Morgan fingerprint density at radius 2 is 0.455 bits per heavy atom. The summed E-state index contributed by atoms with van der Waals surface area (Å²) in [5, 5.41) is 0. The second kappa shape index (κ2) is 19.5. The van der Waals surface area contributed by atoms with Crippen LogP contribution < -0.4 is 0 Å². The fourth-order valence-electron chi connectivity index (χ4n) is 9.37. The molecule has 66 heavy (non-hydrogen) atoms. The van der Waals surface area contributed by atoms with Gasteiger partial charge in [-0.25, -0.2) is 14.4 Å². The average molecular weight is 877 g/mol. The van der Waals surface area contributed by atoms with Gasteiger partial charge in [0.1, 0.15) is 18.3 Å². The van der Waals surface area contributed by atoms with Crippen molar-refractivity contribution in [3.05, 3.63) is 252 Å². The van der Waals surface area contributed by atoms with Gasteiger partial charge in [0, 0.05) is 17.8 Å². The molecular weight excluding hydrogens is 829 g/mol. The van der Waals surface area contributed by atoms with Crippen molar-refractivity contribution in [1.29, 1.82) is 0 Å². The van der Waals surface area contributed by atoms with Crippen molar-refractivity contribution in [2.75, 3.05) is 0 Å². The van der Waals surface area contributed by atoms with E-state index in [2.05, 4.69) is 0 Å². The highest BCUT2D eigenvalue weighted by Crippen LogP contribution is 2.42. The van der Waals surface area contributed by atoms with Crippen LogP contribution in [0.25, 0.3) is 0 Å². The first-order chi connectivity index (χ1) is 32.5. The van der Waals surface area contributed by atoms with Gasteiger partial charge in [-0.3, -0.25) is 0 Å². The van der Waals surface area contributed by atoms with Crippen LogP contribution >= 0.6 is 0 Å². The molecule has 1 fully saturated rings. The summed E-state index contributed by atoms with van der Waals surface area (Å²) in [6, 6.07) is 56.7. The van der Waals surface area contributed by atoms with Crippen molar-refractivity contribution < 1.29 is 42.8 Å². The van der Waals surface area contributed by atoms with E-state index in [9.17, 15) is 0 Å². The summed E-state index contributed by atoms with van der Waals surface area (Å²) in [4.78, 5) is 45.2. The lowest BCUT2D eigenvalue weighted by Gasteiger charge is -2.40. The van der Waals surface area contributed by atoms with E-state index in [1.165, 1.54) is 0 Å². The highest BCUT2D eigenvalue weighted by molar-refractivity contribution is 5.79. The molecule has 12 atom stereocenters. The zero-order valence-corrected chi connectivity index (χ0v) is 35.9. The Bertz CT molecular complexity index is 2380. The quantitative estimate of drug-likeness (QED) is 0.0919. The van der Waals surface area contributed by atoms with Crippen LogP contribution in [0, 0.1) is 0 Å². The predicted molar refractivity (Wildman–Crippen MR) is 247 cm³/mol. The lowest BCUT2D eigenvalue weighted by atomic mass is 9.87. The van der Waals surface area contributed by atoms with Crippen molar-refractivity contribution >= 4 is 17.9 Å².